The molecule has 0 spiro atoms. The summed E-state index contributed by atoms with van der Waals surface area (Å²) in [5.41, 5.74) is 2.37. The van der Waals surface area contributed by atoms with Crippen LogP contribution < -0.4 is 10.1 Å². The van der Waals surface area contributed by atoms with Crippen molar-refractivity contribution >= 4 is 6.20 Å². The topological polar surface area (TPSA) is 39.1 Å². The van der Waals surface area contributed by atoms with Crippen LogP contribution in [0.15, 0.2) is 43.2 Å². The lowest BCUT2D eigenvalue weighted by molar-refractivity contribution is 0.414. The van der Waals surface area contributed by atoms with Gasteiger partial charge >= 0.3 is 0 Å². The molecule has 1 N–H and O–H groups in total. The van der Waals surface area contributed by atoms with Gasteiger partial charge in [0.2, 0.25) is 0 Å². The second kappa shape index (κ2) is 6.20. The predicted octanol–water partition coefficient (Wildman–Crippen LogP) is 2.84. The highest BCUT2D eigenvalue weighted by Crippen LogP contribution is 2.17. The summed E-state index contributed by atoms with van der Waals surface area (Å²) in [6.45, 7) is 6.59. The molecule has 4 heteroatoms. The van der Waals surface area contributed by atoms with Crippen molar-refractivity contribution in [1.29, 1.82) is 0 Å². The van der Waals surface area contributed by atoms with Crippen LogP contribution in [0.5, 0.6) is 5.75 Å². The summed E-state index contributed by atoms with van der Waals surface area (Å²) in [4.78, 5) is 0. The molecule has 0 saturated carbocycles. The number of hydrogen-bond donors (Lipinski definition) is 1. The van der Waals surface area contributed by atoms with Crippen LogP contribution in [0.2, 0.25) is 0 Å². The number of nitrogens with zero attached hydrogens (tertiary/aromatic N) is 2. The monoisotopic (exact) mass is 257 g/mol. The Labute approximate surface area is 113 Å². The highest BCUT2D eigenvalue weighted by atomic mass is 16.5. The zero-order valence-corrected chi connectivity index (χ0v) is 11.3. The van der Waals surface area contributed by atoms with E-state index in [1.54, 1.807) is 18.0 Å². The van der Waals surface area contributed by atoms with Gasteiger partial charge in [0.05, 0.1) is 13.3 Å². The quantitative estimate of drug-likeness (QED) is 0.865. The number of ether oxygens (including phenoxy) is 1. The average molecular weight is 257 g/mol. The van der Waals surface area contributed by atoms with Crippen LogP contribution in [-0.4, -0.2) is 16.9 Å². The van der Waals surface area contributed by atoms with E-state index >= 15 is 0 Å². The maximum atomic E-state index is 5.15. The van der Waals surface area contributed by atoms with Crippen molar-refractivity contribution in [3.8, 4) is 5.75 Å². The number of nitrogens with one attached hydrogen (secondary N) is 1. The third-order valence-electron chi connectivity index (χ3n) is 3.07. The average Bonchev–Trinajstić information content (AvgIpc) is 2.93. The van der Waals surface area contributed by atoms with E-state index in [4.69, 9.17) is 4.74 Å². The summed E-state index contributed by atoms with van der Waals surface area (Å²) in [5, 5.41) is 7.61. The fraction of sp³-hybridized carbons (Fsp3) is 0.267. The molecule has 0 bridgehead atoms. The van der Waals surface area contributed by atoms with E-state index in [0.29, 0.717) is 0 Å². The van der Waals surface area contributed by atoms with E-state index in [1.165, 1.54) is 5.56 Å². The van der Waals surface area contributed by atoms with Crippen molar-refractivity contribution in [3.63, 3.8) is 0 Å². The first kappa shape index (κ1) is 13.4. The predicted molar refractivity (Wildman–Crippen MR) is 76.9 cm³/mol. The normalized spacial score (nSPS) is 12.1. The molecular weight excluding hydrogens is 238 g/mol. The molecule has 0 aliphatic heterocycles. The highest BCUT2D eigenvalue weighted by Gasteiger charge is 2.05. The van der Waals surface area contributed by atoms with Gasteiger partial charge in [0.1, 0.15) is 5.75 Å². The summed E-state index contributed by atoms with van der Waals surface area (Å²) < 4.78 is 6.86. The standard InChI is InChI=1S/C15H19N3O/c1-4-18-11-13(10-17-18)9-16-12(2)14-5-7-15(19-3)8-6-14/h4-8,10-12,16H,1,9H2,2-3H3. The second-order valence-corrected chi connectivity index (χ2v) is 4.39. The van der Waals surface area contributed by atoms with E-state index in [0.717, 1.165) is 17.9 Å². The molecule has 19 heavy (non-hydrogen) atoms. The molecule has 1 unspecified atom stereocenters. The van der Waals surface area contributed by atoms with Crippen molar-refractivity contribution in [2.75, 3.05) is 7.11 Å². The molecule has 1 atom stereocenters. The molecule has 0 amide bonds. The van der Waals surface area contributed by atoms with Crippen LogP contribution >= 0.6 is 0 Å². The Morgan fingerprint density at radius 1 is 1.42 bits per heavy atom. The third kappa shape index (κ3) is 3.45. The van der Waals surface area contributed by atoms with E-state index < -0.39 is 0 Å². The summed E-state index contributed by atoms with van der Waals surface area (Å²) in [6, 6.07) is 8.37. The molecule has 1 aromatic heterocycles. The minimum absolute atomic E-state index is 0.276. The molecule has 0 fully saturated rings. The van der Waals surface area contributed by atoms with Crippen LogP contribution in [0.3, 0.4) is 0 Å². The Hall–Kier alpha value is -2.07. The molecule has 0 aliphatic carbocycles. The van der Waals surface area contributed by atoms with Crippen molar-refractivity contribution in [1.82, 2.24) is 15.1 Å². The van der Waals surface area contributed by atoms with Crippen molar-refractivity contribution in [2.45, 2.75) is 19.5 Å². The molecule has 0 radical (unpaired) electrons. The van der Waals surface area contributed by atoms with Gasteiger partial charge in [-0.05, 0) is 24.6 Å². The first-order valence-electron chi connectivity index (χ1n) is 6.26. The Bertz CT molecular complexity index is 531. The second-order valence-electron chi connectivity index (χ2n) is 4.39. The lowest BCUT2D eigenvalue weighted by Crippen LogP contribution is -2.17. The number of benzene rings is 1. The fourth-order valence-corrected chi connectivity index (χ4v) is 1.85. The largest absolute Gasteiger partial charge is 0.497 e. The Morgan fingerprint density at radius 2 is 2.16 bits per heavy atom. The van der Waals surface area contributed by atoms with Gasteiger partial charge < -0.3 is 10.1 Å². The third-order valence-corrected chi connectivity index (χ3v) is 3.07. The SMILES string of the molecule is C=Cn1cc(CNC(C)c2ccc(OC)cc2)cn1. The van der Waals surface area contributed by atoms with E-state index in [1.807, 2.05) is 24.5 Å². The van der Waals surface area contributed by atoms with E-state index in [-0.39, 0.29) is 6.04 Å². The van der Waals surface area contributed by atoms with E-state index in [2.05, 4.69) is 36.1 Å². The molecule has 4 nitrogen and oxygen atoms in total. The summed E-state index contributed by atoms with van der Waals surface area (Å²) in [5.74, 6) is 0.878. The Morgan fingerprint density at radius 3 is 2.74 bits per heavy atom. The molecule has 0 saturated heterocycles. The Kier molecular flexibility index (Phi) is 4.36. The van der Waals surface area contributed by atoms with Gasteiger partial charge in [0.25, 0.3) is 0 Å². The van der Waals surface area contributed by atoms with Crippen molar-refractivity contribution in [2.24, 2.45) is 0 Å². The zero-order chi connectivity index (χ0) is 13.7. The van der Waals surface area contributed by atoms with Crippen LogP contribution in [0, 0.1) is 0 Å². The fourth-order valence-electron chi connectivity index (χ4n) is 1.85. The molecule has 1 aromatic carbocycles. The lowest BCUT2D eigenvalue weighted by Gasteiger charge is -2.14. The van der Waals surface area contributed by atoms with Crippen LogP contribution in [0.4, 0.5) is 0 Å². The van der Waals surface area contributed by atoms with Crippen LogP contribution in [-0.2, 0) is 6.54 Å². The number of methoxy groups -OCH3 is 1. The smallest absolute Gasteiger partial charge is 0.118 e. The lowest BCUT2D eigenvalue weighted by atomic mass is 10.1. The maximum Gasteiger partial charge on any atom is 0.118 e. The van der Waals surface area contributed by atoms with Crippen molar-refractivity contribution in [3.05, 3.63) is 54.4 Å². The summed E-state index contributed by atoms with van der Waals surface area (Å²) in [7, 11) is 1.67. The van der Waals surface area contributed by atoms with E-state index in [9.17, 15) is 0 Å². The molecule has 100 valence electrons. The minimum atomic E-state index is 0.276. The van der Waals surface area contributed by atoms with Gasteiger partial charge in [-0.2, -0.15) is 5.10 Å². The zero-order valence-electron chi connectivity index (χ0n) is 11.3. The highest BCUT2D eigenvalue weighted by molar-refractivity contribution is 5.29. The molecular formula is C15H19N3O. The van der Waals surface area contributed by atoms with Gasteiger partial charge in [0.15, 0.2) is 0 Å². The molecule has 2 rings (SSSR count). The van der Waals surface area contributed by atoms with Crippen LogP contribution in [0.1, 0.15) is 24.1 Å². The first-order chi connectivity index (χ1) is 9.22. The van der Waals surface area contributed by atoms with Gasteiger partial charge in [-0.1, -0.05) is 18.7 Å². The molecule has 2 aromatic rings. The summed E-state index contributed by atoms with van der Waals surface area (Å²) in [6.07, 6.45) is 5.48. The number of aromatic nitrogens is 2. The first-order valence-corrected chi connectivity index (χ1v) is 6.26. The van der Waals surface area contributed by atoms with Gasteiger partial charge in [-0.15, -0.1) is 0 Å². The number of hydrogen-bond acceptors (Lipinski definition) is 3. The van der Waals surface area contributed by atoms with Crippen LogP contribution in [0.25, 0.3) is 6.20 Å². The molecule has 0 aliphatic rings. The maximum absolute atomic E-state index is 5.15. The molecule has 1 heterocycles. The number of rotatable bonds is 6. The Balaban J connectivity index is 1.92. The van der Waals surface area contributed by atoms with Gasteiger partial charge in [-0.25, -0.2) is 4.68 Å². The van der Waals surface area contributed by atoms with Gasteiger partial charge in [0, 0.05) is 30.5 Å². The summed E-state index contributed by atoms with van der Waals surface area (Å²) >= 11 is 0. The van der Waals surface area contributed by atoms with Crippen molar-refractivity contribution < 1.29 is 4.74 Å². The van der Waals surface area contributed by atoms with Gasteiger partial charge in [-0.3, -0.25) is 0 Å². The minimum Gasteiger partial charge on any atom is -0.497 e.